The zero-order valence-electron chi connectivity index (χ0n) is 22.0. The van der Waals surface area contributed by atoms with Crippen LogP contribution in [0.2, 0.25) is 0 Å². The van der Waals surface area contributed by atoms with Crippen LogP contribution in [0.15, 0.2) is 0 Å². The molecule has 15 nitrogen and oxygen atoms in total. The Morgan fingerprint density at radius 1 is 0.658 bits per heavy atom. The van der Waals surface area contributed by atoms with E-state index in [1.165, 1.54) is 7.11 Å². The topological polar surface area (TPSA) is 195 Å². The highest BCUT2D eigenvalue weighted by molar-refractivity contribution is 7.51. The number of ether oxygens (including phenoxy) is 4. The van der Waals surface area contributed by atoms with Gasteiger partial charge in [-0.15, -0.1) is 0 Å². The Labute approximate surface area is 222 Å². The average molecular weight is 612 g/mol. The van der Waals surface area contributed by atoms with Crippen LogP contribution in [0.4, 0.5) is 0 Å². The predicted octanol–water partition coefficient (Wildman–Crippen LogP) is 2.37. The molecule has 0 aromatic rings. The molecule has 3 fully saturated rings. The molecular formula is C20H39O15P3. The van der Waals surface area contributed by atoms with Crippen molar-refractivity contribution in [1.82, 2.24) is 0 Å². The molecule has 3 aliphatic heterocycles. The third-order valence-electron chi connectivity index (χ3n) is 6.28. The summed E-state index contributed by atoms with van der Waals surface area (Å²) in [5.74, 6) is 0. The minimum atomic E-state index is -4.66. The van der Waals surface area contributed by atoms with Crippen molar-refractivity contribution in [2.75, 3.05) is 33.6 Å². The number of hydrogen-bond donors (Lipinski definition) is 3. The van der Waals surface area contributed by atoms with Crippen LogP contribution in [-0.2, 0) is 55.3 Å². The first-order valence-corrected chi connectivity index (χ1v) is 17.3. The van der Waals surface area contributed by atoms with E-state index in [2.05, 4.69) is 0 Å². The summed E-state index contributed by atoms with van der Waals surface area (Å²) in [6.45, 7) is 5.27. The van der Waals surface area contributed by atoms with Gasteiger partial charge < -0.3 is 38.2 Å². The normalized spacial score (nSPS) is 40.6. The van der Waals surface area contributed by atoms with E-state index in [1.807, 2.05) is 6.92 Å². The summed E-state index contributed by atoms with van der Waals surface area (Å²) in [7, 11) is -11.5. The molecule has 0 amide bonds. The van der Waals surface area contributed by atoms with Gasteiger partial charge in [0.15, 0.2) is 0 Å². The average Bonchev–Trinajstić information content (AvgIpc) is 3.44. The summed E-state index contributed by atoms with van der Waals surface area (Å²) in [5.41, 5.74) is 0. The first-order chi connectivity index (χ1) is 17.6. The lowest BCUT2D eigenvalue weighted by Gasteiger charge is -2.25. The highest BCUT2D eigenvalue weighted by Crippen LogP contribution is 2.51. The molecule has 12 atom stereocenters. The second-order valence-corrected chi connectivity index (χ2v) is 14.5. The van der Waals surface area contributed by atoms with Crippen molar-refractivity contribution in [2.24, 2.45) is 0 Å². The third kappa shape index (κ3) is 10.2. The van der Waals surface area contributed by atoms with Gasteiger partial charge in [-0.1, -0.05) is 0 Å². The van der Waals surface area contributed by atoms with Gasteiger partial charge >= 0.3 is 23.2 Å². The Hall–Kier alpha value is 0.210. The van der Waals surface area contributed by atoms with Crippen molar-refractivity contribution in [3.63, 3.8) is 0 Å². The van der Waals surface area contributed by atoms with Crippen LogP contribution < -0.4 is 0 Å². The van der Waals surface area contributed by atoms with Crippen molar-refractivity contribution < 1.29 is 69.9 Å². The van der Waals surface area contributed by atoms with Gasteiger partial charge in [0, 0.05) is 33.0 Å². The molecule has 0 radical (unpaired) electrons. The molecule has 38 heavy (non-hydrogen) atoms. The molecule has 3 saturated heterocycles. The van der Waals surface area contributed by atoms with Gasteiger partial charge in [-0.3, -0.25) is 22.7 Å². The van der Waals surface area contributed by atoms with E-state index in [-0.39, 0.29) is 44.4 Å². The lowest BCUT2D eigenvalue weighted by atomic mass is 10.1. The number of phosphoric ester groups is 2. The van der Waals surface area contributed by atoms with E-state index in [4.69, 9.17) is 41.6 Å². The van der Waals surface area contributed by atoms with Gasteiger partial charge in [0.05, 0.1) is 44.2 Å². The fraction of sp³-hybridized carbons (Fsp3) is 1.00. The van der Waals surface area contributed by atoms with E-state index in [9.17, 15) is 28.4 Å². The molecule has 224 valence electrons. The minimum Gasteiger partial charge on any atom is -0.379 e. The highest BCUT2D eigenvalue weighted by atomic mass is 31.2. The summed E-state index contributed by atoms with van der Waals surface area (Å²) < 4.78 is 84.6. The van der Waals surface area contributed by atoms with E-state index >= 15 is 0 Å². The Kier molecular flexibility index (Phi) is 11.6. The van der Waals surface area contributed by atoms with E-state index < -0.39 is 66.5 Å². The fourth-order valence-corrected chi connectivity index (χ4v) is 6.97. The lowest BCUT2D eigenvalue weighted by Crippen LogP contribution is -2.31. The predicted molar refractivity (Wildman–Crippen MR) is 131 cm³/mol. The molecule has 18 heteroatoms. The van der Waals surface area contributed by atoms with Crippen molar-refractivity contribution >= 4 is 23.2 Å². The number of hydrogen-bond acceptors (Lipinski definition) is 12. The molecule has 0 spiro atoms. The van der Waals surface area contributed by atoms with E-state index in [0.29, 0.717) is 6.42 Å². The Balaban J connectivity index is 1.51. The lowest BCUT2D eigenvalue weighted by molar-refractivity contribution is -0.0443. The van der Waals surface area contributed by atoms with Crippen LogP contribution >= 0.6 is 23.2 Å². The SMILES string of the molecule is COC1CC(C)OC1COP(=O)(O)OC1CC(C)OC1COP(=O)(O)OC1CC(C)OC1COP(C)(=O)O. The maximum absolute atomic E-state index is 12.6. The molecule has 3 heterocycles. The zero-order chi connectivity index (χ0) is 28.3. The molecule has 0 saturated carbocycles. The molecule has 0 aromatic carbocycles. The quantitative estimate of drug-likeness (QED) is 0.242. The first-order valence-electron chi connectivity index (χ1n) is 12.3. The Bertz CT molecular complexity index is 914. The van der Waals surface area contributed by atoms with Gasteiger partial charge in [-0.2, -0.15) is 0 Å². The molecule has 12 unspecified atom stereocenters. The summed E-state index contributed by atoms with van der Waals surface area (Å²) in [5, 5.41) is 0. The van der Waals surface area contributed by atoms with Gasteiger partial charge in [0.1, 0.15) is 30.5 Å². The molecular weight excluding hydrogens is 573 g/mol. The van der Waals surface area contributed by atoms with Crippen molar-refractivity contribution in [3.05, 3.63) is 0 Å². The van der Waals surface area contributed by atoms with Crippen LogP contribution in [0.5, 0.6) is 0 Å². The number of methoxy groups -OCH3 is 1. The molecule has 0 aromatic heterocycles. The molecule has 3 aliphatic rings. The van der Waals surface area contributed by atoms with Crippen molar-refractivity contribution in [3.8, 4) is 0 Å². The van der Waals surface area contributed by atoms with Gasteiger partial charge in [-0.05, 0) is 20.8 Å². The van der Waals surface area contributed by atoms with Crippen LogP contribution in [0.3, 0.4) is 0 Å². The smallest absolute Gasteiger partial charge is 0.379 e. The monoisotopic (exact) mass is 612 g/mol. The molecule has 3 rings (SSSR count). The molecule has 3 N–H and O–H groups in total. The maximum atomic E-state index is 12.6. The first kappa shape index (κ1) is 32.7. The third-order valence-corrected chi connectivity index (χ3v) is 8.93. The summed E-state index contributed by atoms with van der Waals surface area (Å²) in [4.78, 5) is 29.9. The highest BCUT2D eigenvalue weighted by Gasteiger charge is 2.44. The second-order valence-electron chi connectivity index (χ2n) is 9.85. The van der Waals surface area contributed by atoms with Crippen LogP contribution in [0, 0.1) is 0 Å². The summed E-state index contributed by atoms with van der Waals surface area (Å²) in [6.07, 6.45) is -4.33. The summed E-state index contributed by atoms with van der Waals surface area (Å²) >= 11 is 0. The van der Waals surface area contributed by atoms with E-state index in [1.54, 1.807) is 13.8 Å². The van der Waals surface area contributed by atoms with Crippen molar-refractivity contribution in [2.45, 2.75) is 95.0 Å². The van der Waals surface area contributed by atoms with Gasteiger partial charge in [-0.25, -0.2) is 9.13 Å². The molecule has 0 bridgehead atoms. The van der Waals surface area contributed by atoms with Crippen LogP contribution in [-0.4, -0.2) is 103 Å². The van der Waals surface area contributed by atoms with Crippen LogP contribution in [0.1, 0.15) is 40.0 Å². The Morgan fingerprint density at radius 2 is 1.00 bits per heavy atom. The van der Waals surface area contributed by atoms with E-state index in [0.717, 1.165) is 6.66 Å². The van der Waals surface area contributed by atoms with Gasteiger partial charge in [0.25, 0.3) is 0 Å². The number of rotatable bonds is 14. The second kappa shape index (κ2) is 13.5. The number of phosphoric acid groups is 2. The Morgan fingerprint density at radius 3 is 1.37 bits per heavy atom. The van der Waals surface area contributed by atoms with Crippen LogP contribution in [0.25, 0.3) is 0 Å². The molecule has 0 aliphatic carbocycles. The standard InChI is InChI=1S/C20H39O15P3/c1-12-6-15(27-4)18(31-12)10-29-37(23,24)35-17-8-14(3)33-20(17)11-30-38(25,26)34-16-7-13(2)32-19(16)9-28-36(5,21)22/h12-20H,6-11H2,1-5H3,(H,21,22)(H,23,24)(H,25,26). The van der Waals surface area contributed by atoms with Crippen molar-refractivity contribution in [1.29, 1.82) is 0 Å². The zero-order valence-corrected chi connectivity index (χ0v) is 24.7. The fourth-order valence-electron chi connectivity index (χ4n) is 4.62. The van der Waals surface area contributed by atoms with Gasteiger partial charge in [0.2, 0.25) is 0 Å². The maximum Gasteiger partial charge on any atom is 0.472 e. The summed E-state index contributed by atoms with van der Waals surface area (Å²) in [6, 6.07) is 0. The minimum absolute atomic E-state index is 0.0839. The largest absolute Gasteiger partial charge is 0.472 e.